The minimum atomic E-state index is -0.853. The fourth-order valence-electron chi connectivity index (χ4n) is 1.75. The molecule has 2 aromatic rings. The maximum absolute atomic E-state index is 12.2. The Morgan fingerprint density at radius 2 is 1.87 bits per heavy atom. The number of hydrogen-bond acceptors (Lipinski definition) is 5. The highest BCUT2D eigenvalue weighted by Gasteiger charge is 2.17. The molecular formula is C14H11N5O3S. The number of benzene rings is 1. The number of anilines is 2. The van der Waals surface area contributed by atoms with Gasteiger partial charge in [0.2, 0.25) is 0 Å². The molecule has 6 N–H and O–H groups in total. The lowest BCUT2D eigenvalue weighted by molar-refractivity contribution is 0.0997. The molecule has 0 saturated carbocycles. The van der Waals surface area contributed by atoms with Gasteiger partial charge in [-0.05, 0) is 24.3 Å². The van der Waals surface area contributed by atoms with Gasteiger partial charge < -0.3 is 16.8 Å². The van der Waals surface area contributed by atoms with Crippen LogP contribution in [0.2, 0.25) is 0 Å². The molecule has 23 heavy (non-hydrogen) atoms. The van der Waals surface area contributed by atoms with Crippen molar-refractivity contribution in [3.05, 3.63) is 47.0 Å². The second kappa shape index (κ2) is 6.59. The van der Waals surface area contributed by atoms with Crippen molar-refractivity contribution in [2.45, 2.75) is 0 Å². The van der Waals surface area contributed by atoms with Crippen molar-refractivity contribution in [2.24, 2.45) is 11.5 Å². The summed E-state index contributed by atoms with van der Waals surface area (Å²) in [5, 5.41) is 14.1. The van der Waals surface area contributed by atoms with Crippen molar-refractivity contribution in [2.75, 3.05) is 10.6 Å². The first-order valence-electron chi connectivity index (χ1n) is 6.22. The van der Waals surface area contributed by atoms with E-state index in [2.05, 4.69) is 10.6 Å². The van der Waals surface area contributed by atoms with Crippen LogP contribution in [0.1, 0.15) is 26.3 Å². The summed E-state index contributed by atoms with van der Waals surface area (Å²) in [5.41, 5.74) is 10.9. The number of thiophene rings is 1. The number of urea groups is 1. The summed E-state index contributed by atoms with van der Waals surface area (Å²) in [4.78, 5) is 34.4. The molecular weight excluding hydrogens is 318 g/mol. The van der Waals surface area contributed by atoms with Gasteiger partial charge in [-0.2, -0.15) is 5.26 Å². The normalized spacial score (nSPS) is 9.70. The van der Waals surface area contributed by atoms with Gasteiger partial charge in [-0.3, -0.25) is 14.9 Å². The Bertz CT molecular complexity index is 837. The van der Waals surface area contributed by atoms with E-state index in [1.807, 2.05) is 6.07 Å². The molecule has 0 aliphatic carbocycles. The molecule has 8 nitrogen and oxygen atoms in total. The Labute approximate surface area is 134 Å². The van der Waals surface area contributed by atoms with E-state index < -0.39 is 17.8 Å². The lowest BCUT2D eigenvalue weighted by Gasteiger charge is -2.02. The minimum absolute atomic E-state index is 0.0369. The van der Waals surface area contributed by atoms with Gasteiger partial charge in [-0.1, -0.05) is 17.4 Å². The lowest BCUT2D eigenvalue weighted by atomic mass is 10.1. The van der Waals surface area contributed by atoms with E-state index in [4.69, 9.17) is 16.7 Å². The van der Waals surface area contributed by atoms with Crippen LogP contribution in [0.15, 0.2) is 30.3 Å². The number of nitrogens with two attached hydrogens (primary N) is 2. The number of carbonyl (C=O) groups excluding carboxylic acids is 3. The number of nitrogens with zero attached hydrogens (tertiary/aromatic N) is 1. The van der Waals surface area contributed by atoms with Crippen LogP contribution in [0.4, 0.5) is 14.8 Å². The Morgan fingerprint density at radius 3 is 2.48 bits per heavy atom. The third kappa shape index (κ3) is 3.84. The molecule has 9 heteroatoms. The summed E-state index contributed by atoms with van der Waals surface area (Å²) in [5.74, 6) is -1.23. The van der Waals surface area contributed by atoms with E-state index in [1.54, 1.807) is 18.2 Å². The number of rotatable bonds is 4. The quantitative estimate of drug-likeness (QED) is 0.671. The lowest BCUT2D eigenvalue weighted by Crippen LogP contribution is -2.21. The molecule has 0 atom stereocenters. The van der Waals surface area contributed by atoms with Crippen molar-refractivity contribution in [3.63, 3.8) is 0 Å². The SMILES string of the molecule is N#Cc1cccc(C(=O)Nc2cc(C(N)=O)c(NC(N)=O)s2)c1. The van der Waals surface area contributed by atoms with Gasteiger partial charge in [0.25, 0.3) is 11.8 Å². The van der Waals surface area contributed by atoms with Gasteiger partial charge in [0, 0.05) is 5.56 Å². The van der Waals surface area contributed by atoms with E-state index >= 15 is 0 Å². The summed E-state index contributed by atoms with van der Waals surface area (Å²) in [6.07, 6.45) is 0. The second-order valence-corrected chi connectivity index (χ2v) is 5.41. The summed E-state index contributed by atoms with van der Waals surface area (Å²) in [7, 11) is 0. The van der Waals surface area contributed by atoms with E-state index in [0.29, 0.717) is 10.6 Å². The highest BCUT2D eigenvalue weighted by atomic mass is 32.1. The Morgan fingerprint density at radius 1 is 1.13 bits per heavy atom. The average molecular weight is 329 g/mol. The van der Waals surface area contributed by atoms with Gasteiger partial charge in [0.1, 0.15) is 5.00 Å². The molecule has 0 unspecified atom stereocenters. The Hall–Kier alpha value is -3.38. The zero-order chi connectivity index (χ0) is 17.0. The number of carbonyl (C=O) groups is 3. The van der Waals surface area contributed by atoms with E-state index in [0.717, 1.165) is 11.3 Å². The van der Waals surface area contributed by atoms with Crippen LogP contribution >= 0.6 is 11.3 Å². The monoisotopic (exact) mass is 329 g/mol. The van der Waals surface area contributed by atoms with Crippen LogP contribution in [0.3, 0.4) is 0 Å². The first kappa shape index (κ1) is 16.0. The van der Waals surface area contributed by atoms with Crippen LogP contribution in [0, 0.1) is 11.3 Å². The third-order valence-electron chi connectivity index (χ3n) is 2.72. The van der Waals surface area contributed by atoms with Crippen molar-refractivity contribution in [3.8, 4) is 6.07 Å². The standard InChI is InChI=1S/C14H11N5O3S/c15-6-7-2-1-3-8(4-7)12(21)18-10-5-9(11(16)20)13(23-10)19-14(17)22/h1-5H,(H2,16,20)(H,18,21)(H3,17,19,22). The fourth-order valence-corrected chi connectivity index (χ4v) is 2.72. The van der Waals surface area contributed by atoms with Crippen molar-refractivity contribution in [1.82, 2.24) is 0 Å². The predicted molar refractivity (Wildman–Crippen MR) is 85.2 cm³/mol. The molecule has 2 rings (SSSR count). The number of hydrogen-bond donors (Lipinski definition) is 4. The summed E-state index contributed by atoms with van der Waals surface area (Å²) in [6, 6.07) is 8.55. The first-order valence-corrected chi connectivity index (χ1v) is 7.04. The van der Waals surface area contributed by atoms with Crippen molar-refractivity contribution in [1.29, 1.82) is 5.26 Å². The van der Waals surface area contributed by atoms with Crippen LogP contribution in [0.25, 0.3) is 0 Å². The van der Waals surface area contributed by atoms with Gasteiger partial charge in [0.15, 0.2) is 0 Å². The first-order chi connectivity index (χ1) is 10.9. The number of nitrogens with one attached hydrogen (secondary N) is 2. The topological polar surface area (TPSA) is 151 Å². The summed E-state index contributed by atoms with van der Waals surface area (Å²) in [6.45, 7) is 0. The molecule has 0 saturated heterocycles. The Kier molecular flexibility index (Phi) is 4.58. The van der Waals surface area contributed by atoms with Crippen LogP contribution in [0.5, 0.6) is 0 Å². The highest BCUT2D eigenvalue weighted by Crippen LogP contribution is 2.32. The highest BCUT2D eigenvalue weighted by molar-refractivity contribution is 7.20. The van der Waals surface area contributed by atoms with Crippen molar-refractivity contribution < 1.29 is 14.4 Å². The van der Waals surface area contributed by atoms with E-state index in [1.165, 1.54) is 12.1 Å². The Balaban J connectivity index is 2.25. The molecule has 0 aliphatic heterocycles. The van der Waals surface area contributed by atoms with E-state index in [-0.39, 0.29) is 16.1 Å². The van der Waals surface area contributed by atoms with Crippen molar-refractivity contribution >= 4 is 39.2 Å². The molecule has 0 aliphatic rings. The molecule has 1 aromatic heterocycles. The number of amides is 4. The average Bonchev–Trinajstić information content (AvgIpc) is 2.89. The van der Waals surface area contributed by atoms with Gasteiger partial charge in [-0.15, -0.1) is 0 Å². The molecule has 1 aromatic carbocycles. The summed E-state index contributed by atoms with van der Waals surface area (Å²) >= 11 is 0.939. The molecule has 0 bridgehead atoms. The molecule has 116 valence electrons. The van der Waals surface area contributed by atoms with Crippen LogP contribution < -0.4 is 22.1 Å². The predicted octanol–water partition coefficient (Wildman–Crippen LogP) is 1.46. The minimum Gasteiger partial charge on any atom is -0.366 e. The number of primary amides is 2. The smallest absolute Gasteiger partial charge is 0.317 e. The molecule has 0 spiro atoms. The van der Waals surface area contributed by atoms with Gasteiger partial charge >= 0.3 is 6.03 Å². The van der Waals surface area contributed by atoms with Gasteiger partial charge in [0.05, 0.1) is 22.2 Å². The molecule has 0 radical (unpaired) electrons. The number of nitriles is 1. The maximum atomic E-state index is 12.2. The van der Waals surface area contributed by atoms with Crippen LogP contribution in [-0.4, -0.2) is 17.8 Å². The second-order valence-electron chi connectivity index (χ2n) is 4.35. The fraction of sp³-hybridized carbons (Fsp3) is 0. The third-order valence-corrected chi connectivity index (χ3v) is 3.69. The molecule has 1 heterocycles. The maximum Gasteiger partial charge on any atom is 0.317 e. The largest absolute Gasteiger partial charge is 0.366 e. The van der Waals surface area contributed by atoms with Crippen LogP contribution in [-0.2, 0) is 0 Å². The zero-order valence-corrected chi connectivity index (χ0v) is 12.4. The molecule has 0 fully saturated rings. The van der Waals surface area contributed by atoms with Gasteiger partial charge in [-0.25, -0.2) is 4.79 Å². The van der Waals surface area contributed by atoms with E-state index in [9.17, 15) is 14.4 Å². The zero-order valence-electron chi connectivity index (χ0n) is 11.6. The summed E-state index contributed by atoms with van der Waals surface area (Å²) < 4.78 is 0. The molecule has 4 amide bonds.